The average molecular weight is 480 g/mol. The molecule has 174 valence electrons. The minimum Gasteiger partial charge on any atom is -0.480 e. The van der Waals surface area contributed by atoms with Crippen molar-refractivity contribution in [2.75, 3.05) is 11.9 Å². The molecule has 3 unspecified atom stereocenters. The summed E-state index contributed by atoms with van der Waals surface area (Å²) in [6.07, 6.45) is -1.91. The predicted octanol–water partition coefficient (Wildman–Crippen LogP) is 3.71. The van der Waals surface area contributed by atoms with Crippen LogP contribution in [0.2, 0.25) is 5.02 Å². The van der Waals surface area contributed by atoms with Gasteiger partial charge in [-0.2, -0.15) is 0 Å². The van der Waals surface area contributed by atoms with Gasteiger partial charge in [0, 0.05) is 31.1 Å². The second-order valence-corrected chi connectivity index (χ2v) is 8.27. The van der Waals surface area contributed by atoms with E-state index in [2.05, 4.69) is 10.6 Å². The van der Waals surface area contributed by atoms with E-state index in [1.165, 1.54) is 30.3 Å². The van der Waals surface area contributed by atoms with E-state index in [9.17, 15) is 28.3 Å². The van der Waals surface area contributed by atoms with E-state index in [0.717, 1.165) is 11.0 Å². The Balaban J connectivity index is 1.61. The third kappa shape index (κ3) is 4.85. The highest BCUT2D eigenvalue weighted by molar-refractivity contribution is 6.31. The lowest BCUT2D eigenvalue weighted by atomic mass is 9.93. The van der Waals surface area contributed by atoms with E-state index in [0.29, 0.717) is 6.42 Å². The van der Waals surface area contributed by atoms with Gasteiger partial charge < -0.3 is 20.5 Å². The van der Waals surface area contributed by atoms with E-state index in [1.54, 1.807) is 0 Å². The predicted molar refractivity (Wildman–Crippen MR) is 114 cm³/mol. The van der Waals surface area contributed by atoms with Crippen LogP contribution in [-0.2, 0) is 9.59 Å². The molecule has 8 nitrogen and oxygen atoms in total. The van der Waals surface area contributed by atoms with Crippen LogP contribution in [0.1, 0.15) is 30.9 Å². The van der Waals surface area contributed by atoms with E-state index in [4.69, 9.17) is 16.3 Å². The fourth-order valence-corrected chi connectivity index (χ4v) is 4.28. The van der Waals surface area contributed by atoms with E-state index >= 15 is 0 Å². The first-order valence-electron chi connectivity index (χ1n) is 10.2. The highest BCUT2D eigenvalue weighted by Crippen LogP contribution is 2.41. The summed E-state index contributed by atoms with van der Waals surface area (Å²) in [6, 6.07) is 6.24. The molecule has 0 aromatic heterocycles. The van der Waals surface area contributed by atoms with Crippen LogP contribution in [0.25, 0.3) is 0 Å². The van der Waals surface area contributed by atoms with Gasteiger partial charge in [0.05, 0.1) is 16.6 Å². The number of benzene rings is 2. The standard InChI is InChI=1S/C22H20ClF2N3O5/c23-13-8-11(4-6-14(13)24)27-21(30)18-9-16(20-15(25)2-1-3-17(20)33-18)28(22(31)32)10-12-5-7-19(29)26-12/h1-4,6,8,12,16,18H,5,7,9-10H2,(H,26,29)(H,27,30)(H,31,32). The quantitative estimate of drug-likeness (QED) is 0.606. The van der Waals surface area contributed by atoms with E-state index in [1.807, 2.05) is 0 Å². The molecule has 2 aromatic carbocycles. The number of nitrogens with zero attached hydrogens (tertiary/aromatic N) is 1. The number of hydrogen-bond acceptors (Lipinski definition) is 4. The van der Waals surface area contributed by atoms with Crippen LogP contribution < -0.4 is 15.4 Å². The Morgan fingerprint density at radius 1 is 1.24 bits per heavy atom. The number of amides is 3. The molecule has 1 fully saturated rings. The largest absolute Gasteiger partial charge is 0.480 e. The Labute approximate surface area is 192 Å². The van der Waals surface area contributed by atoms with Crippen molar-refractivity contribution in [3.8, 4) is 5.75 Å². The monoisotopic (exact) mass is 479 g/mol. The van der Waals surface area contributed by atoms with Gasteiger partial charge in [-0.15, -0.1) is 0 Å². The minimum absolute atomic E-state index is 0.0260. The maximum Gasteiger partial charge on any atom is 0.407 e. The van der Waals surface area contributed by atoms with Gasteiger partial charge in [-0.3, -0.25) is 14.5 Å². The number of rotatable bonds is 5. The van der Waals surface area contributed by atoms with Gasteiger partial charge in [0.2, 0.25) is 5.91 Å². The summed E-state index contributed by atoms with van der Waals surface area (Å²) in [5, 5.41) is 15.0. The van der Waals surface area contributed by atoms with Crippen molar-refractivity contribution in [3.63, 3.8) is 0 Å². The summed E-state index contributed by atoms with van der Waals surface area (Å²) < 4.78 is 33.9. The summed E-state index contributed by atoms with van der Waals surface area (Å²) in [6.45, 7) is -0.0680. The molecule has 33 heavy (non-hydrogen) atoms. The third-order valence-electron chi connectivity index (χ3n) is 5.66. The van der Waals surface area contributed by atoms with Gasteiger partial charge in [-0.25, -0.2) is 13.6 Å². The number of hydrogen-bond donors (Lipinski definition) is 3. The summed E-state index contributed by atoms with van der Waals surface area (Å²) in [5.41, 5.74) is 0.249. The van der Waals surface area contributed by atoms with E-state index < -0.39 is 41.8 Å². The summed E-state index contributed by atoms with van der Waals surface area (Å²) in [5.74, 6) is -2.08. The molecule has 4 rings (SSSR count). The van der Waals surface area contributed by atoms with Gasteiger partial charge in [-0.1, -0.05) is 17.7 Å². The van der Waals surface area contributed by atoms with Crippen molar-refractivity contribution >= 4 is 35.2 Å². The van der Waals surface area contributed by atoms with Crippen LogP contribution in [0.15, 0.2) is 36.4 Å². The van der Waals surface area contributed by atoms with Crippen molar-refractivity contribution in [2.24, 2.45) is 0 Å². The molecule has 2 aliphatic heterocycles. The first kappa shape index (κ1) is 22.8. The lowest BCUT2D eigenvalue weighted by Crippen LogP contribution is -2.47. The average Bonchev–Trinajstić information content (AvgIpc) is 3.18. The minimum atomic E-state index is -1.32. The van der Waals surface area contributed by atoms with Crippen molar-refractivity contribution < 1.29 is 33.0 Å². The maximum absolute atomic E-state index is 14.8. The van der Waals surface area contributed by atoms with Crippen LogP contribution in [0.3, 0.4) is 0 Å². The van der Waals surface area contributed by atoms with Crippen LogP contribution in [0, 0.1) is 11.6 Å². The molecule has 3 N–H and O–H groups in total. The Kier molecular flexibility index (Phi) is 6.37. The zero-order valence-electron chi connectivity index (χ0n) is 17.2. The number of halogens is 3. The second-order valence-electron chi connectivity index (χ2n) is 7.87. The first-order chi connectivity index (χ1) is 15.7. The number of nitrogens with one attached hydrogen (secondary N) is 2. The van der Waals surface area contributed by atoms with Gasteiger partial charge in [-0.05, 0) is 36.8 Å². The first-order valence-corrected chi connectivity index (χ1v) is 10.6. The molecule has 2 heterocycles. The number of carboxylic acid groups (broad SMARTS) is 1. The van der Waals surface area contributed by atoms with Crippen molar-refractivity contribution in [1.82, 2.24) is 10.2 Å². The zero-order valence-corrected chi connectivity index (χ0v) is 17.9. The molecule has 0 spiro atoms. The van der Waals surface area contributed by atoms with E-state index in [-0.39, 0.29) is 47.3 Å². The van der Waals surface area contributed by atoms with Crippen molar-refractivity contribution in [2.45, 2.75) is 37.5 Å². The molecule has 0 saturated carbocycles. The molecular weight excluding hydrogens is 460 g/mol. The third-order valence-corrected chi connectivity index (χ3v) is 5.95. The SMILES string of the molecule is O=C1CCC(CN(C(=O)O)C2CC(C(=O)Nc3ccc(F)c(Cl)c3)Oc3cccc(F)c32)N1. The fraction of sp³-hybridized carbons (Fsp3) is 0.318. The van der Waals surface area contributed by atoms with Gasteiger partial charge >= 0.3 is 6.09 Å². The molecule has 2 aliphatic rings. The Hall–Kier alpha value is -3.40. The zero-order chi connectivity index (χ0) is 23.7. The molecule has 0 bridgehead atoms. The molecule has 2 aromatic rings. The maximum atomic E-state index is 14.8. The van der Waals surface area contributed by atoms with Crippen molar-refractivity contribution in [1.29, 1.82) is 0 Å². The highest BCUT2D eigenvalue weighted by Gasteiger charge is 2.40. The van der Waals surface area contributed by atoms with Crippen LogP contribution in [0.4, 0.5) is 19.3 Å². The molecule has 1 saturated heterocycles. The van der Waals surface area contributed by atoms with Crippen LogP contribution >= 0.6 is 11.6 Å². The molecule has 0 radical (unpaired) electrons. The highest BCUT2D eigenvalue weighted by atomic mass is 35.5. The molecule has 11 heteroatoms. The Morgan fingerprint density at radius 3 is 2.70 bits per heavy atom. The number of carbonyl (C=O) groups excluding carboxylic acids is 2. The number of carbonyl (C=O) groups is 3. The number of anilines is 1. The van der Waals surface area contributed by atoms with Gasteiger partial charge in [0.1, 0.15) is 17.4 Å². The number of fused-ring (bicyclic) bond motifs is 1. The summed E-state index contributed by atoms with van der Waals surface area (Å²) in [7, 11) is 0. The second kappa shape index (κ2) is 9.22. The normalized spacial score (nSPS) is 21.5. The lowest BCUT2D eigenvalue weighted by Gasteiger charge is -2.38. The summed E-state index contributed by atoms with van der Waals surface area (Å²) in [4.78, 5) is 37.6. The fourth-order valence-electron chi connectivity index (χ4n) is 4.10. The lowest BCUT2D eigenvalue weighted by molar-refractivity contribution is -0.124. The number of ether oxygens (including phenoxy) is 1. The topological polar surface area (TPSA) is 108 Å². The van der Waals surface area contributed by atoms with Crippen molar-refractivity contribution in [3.05, 3.63) is 58.6 Å². The molecule has 3 amide bonds. The summed E-state index contributed by atoms with van der Waals surface area (Å²) >= 11 is 5.76. The molecule has 0 aliphatic carbocycles. The van der Waals surface area contributed by atoms with Gasteiger partial charge in [0.15, 0.2) is 6.10 Å². The molecule has 3 atom stereocenters. The Morgan fingerprint density at radius 2 is 2.03 bits per heavy atom. The Bertz CT molecular complexity index is 1120. The van der Waals surface area contributed by atoms with Crippen LogP contribution in [-0.4, -0.2) is 46.6 Å². The smallest absolute Gasteiger partial charge is 0.407 e. The van der Waals surface area contributed by atoms with Gasteiger partial charge in [0.25, 0.3) is 5.91 Å². The van der Waals surface area contributed by atoms with Crippen LogP contribution in [0.5, 0.6) is 5.75 Å². The molecular formula is C22H20ClF2N3O5.